The van der Waals surface area contributed by atoms with Crippen LogP contribution in [-0.4, -0.2) is 46.4 Å². The van der Waals surface area contributed by atoms with Crippen molar-refractivity contribution < 1.29 is 13.2 Å². The molecule has 0 fully saturated rings. The van der Waals surface area contributed by atoms with Gasteiger partial charge in [-0.1, -0.05) is 0 Å². The van der Waals surface area contributed by atoms with Gasteiger partial charge in [0.2, 0.25) is 15.9 Å². The van der Waals surface area contributed by atoms with Crippen LogP contribution in [0.1, 0.15) is 6.92 Å². The number of primary sulfonamides is 1. The van der Waals surface area contributed by atoms with Gasteiger partial charge in [0.25, 0.3) is 0 Å². The average Bonchev–Trinajstić information content (AvgIpc) is 2.33. The number of carbonyl (C=O) groups excluding carboxylic acids is 1. The molecule has 0 saturated carbocycles. The number of likely N-dealkylation sites (N-methyl/N-ethyl adjacent to an activating group) is 2. The van der Waals surface area contributed by atoms with Gasteiger partial charge >= 0.3 is 0 Å². The molecule has 0 atom stereocenters. The van der Waals surface area contributed by atoms with E-state index in [0.717, 1.165) is 0 Å². The van der Waals surface area contributed by atoms with E-state index in [0.29, 0.717) is 12.2 Å². The summed E-state index contributed by atoms with van der Waals surface area (Å²) in [5, 5.41) is 5.05. The van der Waals surface area contributed by atoms with Gasteiger partial charge in [-0.25, -0.2) is 13.6 Å². The number of nitrogens with two attached hydrogens (primary N) is 2. The van der Waals surface area contributed by atoms with Crippen LogP contribution in [0, 0.1) is 0 Å². The maximum atomic E-state index is 11.7. The average molecular weight is 300 g/mol. The lowest BCUT2D eigenvalue weighted by Gasteiger charge is -2.24. The van der Waals surface area contributed by atoms with E-state index in [1.165, 1.54) is 17.0 Å². The molecule has 0 bridgehead atoms. The van der Waals surface area contributed by atoms with Crippen LogP contribution in [0.25, 0.3) is 0 Å². The largest absolute Gasteiger partial charge is 0.398 e. The van der Waals surface area contributed by atoms with E-state index in [-0.39, 0.29) is 23.0 Å². The number of sulfonamides is 1. The highest BCUT2D eigenvalue weighted by molar-refractivity contribution is 7.89. The summed E-state index contributed by atoms with van der Waals surface area (Å²) in [6, 6.07) is 4.44. The Kier molecular flexibility index (Phi) is 4.96. The maximum Gasteiger partial charge on any atom is 0.241 e. The number of hydrogen-bond donors (Lipinski definition) is 2. The summed E-state index contributed by atoms with van der Waals surface area (Å²) in [6.07, 6.45) is 0. The number of benzene rings is 1. The predicted molar refractivity (Wildman–Crippen MR) is 78.8 cm³/mol. The molecule has 1 aromatic carbocycles. The molecule has 0 aliphatic rings. The number of carbonyl (C=O) groups is 1. The summed E-state index contributed by atoms with van der Waals surface area (Å²) < 4.78 is 22.6. The third-order valence-electron chi connectivity index (χ3n) is 2.87. The molecule has 112 valence electrons. The summed E-state index contributed by atoms with van der Waals surface area (Å²) in [5.41, 5.74) is 6.45. The lowest BCUT2D eigenvalue weighted by atomic mass is 10.2. The van der Waals surface area contributed by atoms with Crippen LogP contribution < -0.4 is 15.8 Å². The van der Waals surface area contributed by atoms with Crippen LogP contribution in [0.3, 0.4) is 0 Å². The first-order valence-electron chi connectivity index (χ1n) is 6.04. The number of rotatable bonds is 5. The quantitative estimate of drug-likeness (QED) is 0.734. The molecule has 0 aromatic heterocycles. The van der Waals surface area contributed by atoms with Gasteiger partial charge in [0.05, 0.1) is 12.2 Å². The van der Waals surface area contributed by atoms with Crippen molar-refractivity contribution in [3.05, 3.63) is 18.2 Å². The zero-order valence-electron chi connectivity index (χ0n) is 11.8. The predicted octanol–water partition coefficient (Wildman–Crippen LogP) is -0.169. The third kappa shape index (κ3) is 3.84. The lowest BCUT2D eigenvalue weighted by molar-refractivity contribution is -0.127. The number of nitrogen functional groups attached to an aromatic ring is 1. The van der Waals surface area contributed by atoms with E-state index in [1.807, 2.05) is 6.92 Å². The Hall–Kier alpha value is -1.80. The number of anilines is 2. The zero-order valence-corrected chi connectivity index (χ0v) is 12.6. The number of hydrogen-bond acceptors (Lipinski definition) is 5. The molecule has 0 spiro atoms. The van der Waals surface area contributed by atoms with Crippen LogP contribution in [0.4, 0.5) is 11.4 Å². The highest BCUT2D eigenvalue weighted by Crippen LogP contribution is 2.24. The Balaban J connectivity index is 3.07. The molecule has 4 N–H and O–H groups in total. The number of amides is 1. The van der Waals surface area contributed by atoms with Crippen molar-refractivity contribution in [2.24, 2.45) is 5.14 Å². The van der Waals surface area contributed by atoms with E-state index >= 15 is 0 Å². The summed E-state index contributed by atoms with van der Waals surface area (Å²) in [6.45, 7) is 2.68. The lowest BCUT2D eigenvalue weighted by Crippen LogP contribution is -2.36. The van der Waals surface area contributed by atoms with Gasteiger partial charge in [-0.05, 0) is 25.1 Å². The first kappa shape index (κ1) is 16.3. The molecule has 8 heteroatoms. The highest BCUT2D eigenvalue weighted by atomic mass is 32.2. The van der Waals surface area contributed by atoms with Crippen molar-refractivity contribution in [2.75, 3.05) is 37.8 Å². The van der Waals surface area contributed by atoms with Gasteiger partial charge in [-0.3, -0.25) is 4.79 Å². The summed E-state index contributed by atoms with van der Waals surface area (Å²) >= 11 is 0. The van der Waals surface area contributed by atoms with Gasteiger partial charge < -0.3 is 15.5 Å². The maximum absolute atomic E-state index is 11.7. The van der Waals surface area contributed by atoms with Crippen LogP contribution in [-0.2, 0) is 14.8 Å². The van der Waals surface area contributed by atoms with Crippen LogP contribution in [0.15, 0.2) is 23.1 Å². The topological polar surface area (TPSA) is 110 Å². The minimum absolute atomic E-state index is 0.0547. The standard InChI is InChI=1S/C12H20N4O3S/c1-4-16(8-12(17)15(2)3)9-5-6-11(10(13)7-9)20(14,18)19/h5-7H,4,8,13H2,1-3H3,(H2,14,18,19). The van der Waals surface area contributed by atoms with Crippen LogP contribution in [0.5, 0.6) is 0 Å². The molecule has 1 aromatic rings. The normalized spacial score (nSPS) is 11.2. The van der Waals surface area contributed by atoms with Gasteiger partial charge in [0.15, 0.2) is 0 Å². The van der Waals surface area contributed by atoms with Crippen molar-refractivity contribution in [3.63, 3.8) is 0 Å². The number of nitrogens with zero attached hydrogens (tertiary/aromatic N) is 2. The molecule has 0 saturated heterocycles. The fourth-order valence-electron chi connectivity index (χ4n) is 1.68. The van der Waals surface area contributed by atoms with Gasteiger partial charge in [-0.15, -0.1) is 0 Å². The van der Waals surface area contributed by atoms with Crippen molar-refractivity contribution in [3.8, 4) is 0 Å². The molecular formula is C12H20N4O3S. The molecule has 0 heterocycles. The fraction of sp³-hybridized carbons (Fsp3) is 0.417. The smallest absolute Gasteiger partial charge is 0.241 e. The van der Waals surface area contributed by atoms with Crippen molar-refractivity contribution in [2.45, 2.75) is 11.8 Å². The Morgan fingerprint density at radius 3 is 2.30 bits per heavy atom. The van der Waals surface area contributed by atoms with E-state index in [4.69, 9.17) is 10.9 Å². The van der Waals surface area contributed by atoms with Crippen molar-refractivity contribution in [1.82, 2.24) is 4.90 Å². The fourth-order valence-corrected chi connectivity index (χ4v) is 2.33. The van der Waals surface area contributed by atoms with Crippen molar-refractivity contribution >= 4 is 27.3 Å². The third-order valence-corrected chi connectivity index (χ3v) is 3.86. The molecule has 0 aliphatic heterocycles. The van der Waals surface area contributed by atoms with Gasteiger partial charge in [0.1, 0.15) is 4.90 Å². The van der Waals surface area contributed by atoms with E-state index in [9.17, 15) is 13.2 Å². The Morgan fingerprint density at radius 1 is 1.30 bits per heavy atom. The molecular weight excluding hydrogens is 280 g/mol. The molecule has 0 unspecified atom stereocenters. The summed E-state index contributed by atoms with van der Waals surface area (Å²) in [4.78, 5) is 14.9. The molecule has 7 nitrogen and oxygen atoms in total. The molecule has 1 rings (SSSR count). The first-order valence-corrected chi connectivity index (χ1v) is 7.59. The monoisotopic (exact) mass is 300 g/mol. The minimum Gasteiger partial charge on any atom is -0.398 e. The van der Waals surface area contributed by atoms with Crippen LogP contribution in [0.2, 0.25) is 0 Å². The second-order valence-corrected chi connectivity index (χ2v) is 6.10. The Morgan fingerprint density at radius 2 is 1.90 bits per heavy atom. The van der Waals surface area contributed by atoms with E-state index < -0.39 is 10.0 Å². The van der Waals surface area contributed by atoms with Gasteiger partial charge in [-0.2, -0.15) is 0 Å². The van der Waals surface area contributed by atoms with E-state index in [1.54, 1.807) is 25.1 Å². The SMILES string of the molecule is CCN(CC(=O)N(C)C)c1ccc(S(N)(=O)=O)c(N)c1. The first-order chi connectivity index (χ1) is 9.16. The van der Waals surface area contributed by atoms with E-state index in [2.05, 4.69) is 0 Å². The second-order valence-electron chi connectivity index (χ2n) is 4.57. The van der Waals surface area contributed by atoms with Crippen LogP contribution >= 0.6 is 0 Å². The molecule has 1 amide bonds. The highest BCUT2D eigenvalue weighted by Gasteiger charge is 2.16. The summed E-state index contributed by atoms with van der Waals surface area (Å²) in [5.74, 6) is -0.0547. The molecule has 0 radical (unpaired) electrons. The second kappa shape index (κ2) is 6.10. The van der Waals surface area contributed by atoms with Gasteiger partial charge in [0, 0.05) is 26.3 Å². The Labute approximate surface area is 119 Å². The Bertz CT molecular complexity index is 599. The van der Waals surface area contributed by atoms with Crippen molar-refractivity contribution in [1.29, 1.82) is 0 Å². The minimum atomic E-state index is -3.84. The summed E-state index contributed by atoms with van der Waals surface area (Å²) in [7, 11) is -0.487. The molecule has 0 aliphatic carbocycles. The zero-order chi connectivity index (χ0) is 15.5. The molecule has 20 heavy (non-hydrogen) atoms.